The second-order valence-electron chi connectivity index (χ2n) is 5.33. The third-order valence-corrected chi connectivity index (χ3v) is 4.71. The molecule has 20 heavy (non-hydrogen) atoms. The van der Waals surface area contributed by atoms with Crippen LogP contribution >= 0.6 is 15.9 Å². The van der Waals surface area contributed by atoms with Gasteiger partial charge in [0, 0.05) is 24.7 Å². The first-order valence-electron chi connectivity index (χ1n) is 7.66. The van der Waals surface area contributed by atoms with Crippen molar-refractivity contribution in [1.29, 1.82) is 0 Å². The summed E-state index contributed by atoms with van der Waals surface area (Å²) in [6, 6.07) is 8.61. The molecule has 0 saturated carbocycles. The first-order chi connectivity index (χ1) is 9.72. The summed E-state index contributed by atoms with van der Waals surface area (Å²) in [6.45, 7) is 7.30. The Morgan fingerprint density at radius 3 is 2.50 bits per heavy atom. The second-order valence-corrected chi connectivity index (χ2v) is 6.19. The molecule has 0 spiro atoms. The minimum Gasteiger partial charge on any atom is -0.383 e. The fourth-order valence-corrected chi connectivity index (χ4v) is 3.21. The molecule has 0 heterocycles. The third-order valence-electron chi connectivity index (χ3n) is 3.99. The number of benzene rings is 1. The van der Waals surface area contributed by atoms with Gasteiger partial charge in [-0.05, 0) is 29.9 Å². The lowest BCUT2D eigenvalue weighted by Gasteiger charge is -2.24. The average Bonchev–Trinajstić information content (AvgIpc) is 2.47. The molecule has 0 radical (unpaired) electrons. The van der Waals surface area contributed by atoms with Crippen molar-refractivity contribution < 1.29 is 4.74 Å². The molecule has 1 atom stereocenters. The Kier molecular flexibility index (Phi) is 9.16. The highest BCUT2D eigenvalue weighted by atomic mass is 79.9. The molecule has 0 aromatic heterocycles. The minimum atomic E-state index is 0.562. The molecule has 1 rings (SSSR count). The van der Waals surface area contributed by atoms with Crippen LogP contribution in [0.1, 0.15) is 44.6 Å². The van der Waals surface area contributed by atoms with Crippen LogP contribution in [0.4, 0.5) is 0 Å². The van der Waals surface area contributed by atoms with Crippen molar-refractivity contribution in [3.63, 3.8) is 0 Å². The summed E-state index contributed by atoms with van der Waals surface area (Å²) >= 11 is 3.70. The third kappa shape index (κ3) is 5.94. The molecule has 1 N–H and O–H groups in total. The number of methoxy groups -OCH3 is 1. The van der Waals surface area contributed by atoms with Gasteiger partial charge in [0.05, 0.1) is 6.61 Å². The van der Waals surface area contributed by atoms with Crippen LogP contribution in [0.25, 0.3) is 0 Å². The van der Waals surface area contributed by atoms with Crippen LogP contribution in [0.5, 0.6) is 0 Å². The smallest absolute Gasteiger partial charge is 0.0587 e. The Morgan fingerprint density at radius 2 is 1.90 bits per heavy atom. The summed E-state index contributed by atoms with van der Waals surface area (Å²) in [5, 5.41) is 3.52. The zero-order valence-electron chi connectivity index (χ0n) is 13.0. The van der Waals surface area contributed by atoms with Crippen molar-refractivity contribution in [1.82, 2.24) is 5.32 Å². The maximum absolute atomic E-state index is 5.10. The Hall–Kier alpha value is -0.380. The van der Waals surface area contributed by atoms with E-state index in [9.17, 15) is 0 Å². The Bertz CT molecular complexity index is 366. The standard InChI is InChI=1S/C17H28BrNO/c1-4-14(5-2)12-15(13-19-10-11-20-3)16-8-6-7-9-17(16)18/h6-9,14-15,19H,4-5,10-13H2,1-3H3. The van der Waals surface area contributed by atoms with Crippen molar-refractivity contribution in [3.8, 4) is 0 Å². The molecule has 0 amide bonds. The average molecular weight is 342 g/mol. The van der Waals surface area contributed by atoms with Crippen molar-refractivity contribution in [2.75, 3.05) is 26.8 Å². The van der Waals surface area contributed by atoms with E-state index in [4.69, 9.17) is 4.74 Å². The lowest BCUT2D eigenvalue weighted by Crippen LogP contribution is -2.26. The quantitative estimate of drug-likeness (QED) is 0.628. The summed E-state index contributed by atoms with van der Waals surface area (Å²) in [4.78, 5) is 0. The Labute approximate surface area is 132 Å². The fourth-order valence-electron chi connectivity index (χ4n) is 2.60. The van der Waals surface area contributed by atoms with Crippen LogP contribution in [0.2, 0.25) is 0 Å². The zero-order valence-corrected chi connectivity index (χ0v) is 14.6. The summed E-state index contributed by atoms with van der Waals surface area (Å²) in [7, 11) is 1.75. The first-order valence-corrected chi connectivity index (χ1v) is 8.46. The molecule has 1 aromatic rings. The lowest BCUT2D eigenvalue weighted by atomic mass is 9.86. The summed E-state index contributed by atoms with van der Waals surface area (Å²) < 4.78 is 6.33. The van der Waals surface area contributed by atoms with Crippen molar-refractivity contribution in [2.45, 2.75) is 39.0 Å². The normalized spacial score (nSPS) is 12.8. The van der Waals surface area contributed by atoms with Gasteiger partial charge in [0.25, 0.3) is 0 Å². The van der Waals surface area contributed by atoms with Crippen LogP contribution in [0.3, 0.4) is 0 Å². The first kappa shape index (κ1) is 17.7. The molecule has 2 nitrogen and oxygen atoms in total. The molecule has 0 aliphatic carbocycles. The lowest BCUT2D eigenvalue weighted by molar-refractivity contribution is 0.198. The van der Waals surface area contributed by atoms with Crippen LogP contribution in [0.15, 0.2) is 28.7 Å². The van der Waals surface area contributed by atoms with Crippen molar-refractivity contribution in [3.05, 3.63) is 34.3 Å². The topological polar surface area (TPSA) is 21.3 Å². The van der Waals surface area contributed by atoms with Gasteiger partial charge in [-0.1, -0.05) is 60.8 Å². The number of hydrogen-bond acceptors (Lipinski definition) is 2. The molecule has 3 heteroatoms. The predicted octanol–water partition coefficient (Wildman–Crippen LogP) is 4.60. The molecule has 0 aliphatic heterocycles. The minimum absolute atomic E-state index is 0.562. The van der Waals surface area contributed by atoms with Gasteiger partial charge in [-0.2, -0.15) is 0 Å². The SMILES string of the molecule is CCC(CC)CC(CNCCOC)c1ccccc1Br. The molecule has 0 fully saturated rings. The van der Waals surface area contributed by atoms with E-state index in [1.54, 1.807) is 7.11 Å². The fraction of sp³-hybridized carbons (Fsp3) is 0.647. The highest BCUT2D eigenvalue weighted by Crippen LogP contribution is 2.31. The Morgan fingerprint density at radius 1 is 1.20 bits per heavy atom. The van der Waals surface area contributed by atoms with Gasteiger partial charge in [-0.25, -0.2) is 0 Å². The molecule has 0 saturated heterocycles. The maximum Gasteiger partial charge on any atom is 0.0587 e. The highest BCUT2D eigenvalue weighted by molar-refractivity contribution is 9.10. The largest absolute Gasteiger partial charge is 0.383 e. The zero-order chi connectivity index (χ0) is 14.8. The number of ether oxygens (including phenoxy) is 1. The second kappa shape index (κ2) is 10.4. The van der Waals surface area contributed by atoms with E-state index in [0.29, 0.717) is 5.92 Å². The molecular formula is C17H28BrNO. The van der Waals surface area contributed by atoms with Gasteiger partial charge < -0.3 is 10.1 Å². The van der Waals surface area contributed by atoms with Crippen LogP contribution in [-0.4, -0.2) is 26.8 Å². The molecular weight excluding hydrogens is 314 g/mol. The summed E-state index contributed by atoms with van der Waals surface area (Å²) in [6.07, 6.45) is 3.76. The van der Waals surface area contributed by atoms with Gasteiger partial charge in [-0.3, -0.25) is 0 Å². The molecule has 0 aliphatic rings. The number of nitrogens with one attached hydrogen (secondary N) is 1. The molecule has 114 valence electrons. The van der Waals surface area contributed by atoms with Gasteiger partial charge in [-0.15, -0.1) is 0 Å². The van der Waals surface area contributed by atoms with Gasteiger partial charge in [0.1, 0.15) is 0 Å². The molecule has 1 aromatic carbocycles. The van der Waals surface area contributed by atoms with E-state index in [1.165, 1.54) is 29.3 Å². The van der Waals surface area contributed by atoms with Gasteiger partial charge in [0.2, 0.25) is 0 Å². The van der Waals surface area contributed by atoms with Crippen LogP contribution < -0.4 is 5.32 Å². The summed E-state index contributed by atoms with van der Waals surface area (Å²) in [5.74, 6) is 1.36. The van der Waals surface area contributed by atoms with Crippen molar-refractivity contribution >= 4 is 15.9 Å². The maximum atomic E-state index is 5.10. The van der Waals surface area contributed by atoms with Gasteiger partial charge in [0.15, 0.2) is 0 Å². The summed E-state index contributed by atoms with van der Waals surface area (Å²) in [5.41, 5.74) is 1.42. The number of halogens is 1. The Balaban J connectivity index is 2.70. The van der Waals surface area contributed by atoms with Gasteiger partial charge >= 0.3 is 0 Å². The van der Waals surface area contributed by atoms with E-state index < -0.39 is 0 Å². The van der Waals surface area contributed by atoms with Crippen LogP contribution in [0, 0.1) is 5.92 Å². The molecule has 1 unspecified atom stereocenters. The monoisotopic (exact) mass is 341 g/mol. The van der Waals surface area contributed by atoms with Crippen LogP contribution in [-0.2, 0) is 4.74 Å². The van der Waals surface area contributed by atoms with E-state index >= 15 is 0 Å². The molecule has 0 bridgehead atoms. The highest BCUT2D eigenvalue weighted by Gasteiger charge is 2.17. The van der Waals surface area contributed by atoms with E-state index in [1.807, 2.05) is 0 Å². The number of rotatable bonds is 10. The van der Waals surface area contributed by atoms with E-state index in [0.717, 1.165) is 25.6 Å². The van der Waals surface area contributed by atoms with Crippen molar-refractivity contribution in [2.24, 2.45) is 5.92 Å². The van der Waals surface area contributed by atoms with E-state index in [-0.39, 0.29) is 0 Å². The van der Waals surface area contributed by atoms with E-state index in [2.05, 4.69) is 59.4 Å². The number of hydrogen-bond donors (Lipinski definition) is 1. The predicted molar refractivity (Wildman–Crippen MR) is 90.3 cm³/mol.